The monoisotopic (exact) mass is 140 g/mol. The molecule has 0 saturated carbocycles. The maximum Gasteiger partial charge on any atom is 0.0935 e. The fourth-order valence-electron chi connectivity index (χ4n) is 0.825. The smallest absolute Gasteiger partial charge is 0.0935 e. The topological polar surface area (TPSA) is 33.4 Å². The van der Waals surface area contributed by atoms with Crippen LogP contribution in [0.1, 0.15) is 18.9 Å². The summed E-state index contributed by atoms with van der Waals surface area (Å²) in [6, 6.07) is 1.87. The second-order valence-corrected chi connectivity index (χ2v) is 2.40. The van der Waals surface area contributed by atoms with E-state index >= 15 is 0 Å². The lowest BCUT2D eigenvalue weighted by atomic mass is 10.1. The second kappa shape index (κ2) is 3.42. The molecule has 2 nitrogen and oxygen atoms in total. The fourth-order valence-corrected chi connectivity index (χ4v) is 0.825. The van der Waals surface area contributed by atoms with Crippen molar-refractivity contribution >= 4 is 0 Å². The lowest BCUT2D eigenvalue weighted by Crippen LogP contribution is -2.07. The van der Waals surface area contributed by atoms with Gasteiger partial charge in [-0.3, -0.25) is 0 Å². The Morgan fingerprint density at radius 1 is 1.70 bits per heavy atom. The van der Waals surface area contributed by atoms with Crippen LogP contribution in [0.25, 0.3) is 0 Å². The molecule has 0 aliphatic carbocycles. The number of aliphatic hydroxyl groups is 1. The van der Waals surface area contributed by atoms with E-state index in [0.29, 0.717) is 6.42 Å². The minimum Gasteiger partial charge on any atom is -0.472 e. The SMILES string of the molecule is CCC(O)Cc1ccoc1. The summed E-state index contributed by atoms with van der Waals surface area (Å²) in [5, 5.41) is 9.19. The Hall–Kier alpha value is -0.760. The highest BCUT2D eigenvalue weighted by molar-refractivity contribution is 5.06. The van der Waals surface area contributed by atoms with Crippen LogP contribution in [0.4, 0.5) is 0 Å². The predicted octanol–water partition coefficient (Wildman–Crippen LogP) is 1.59. The molecule has 1 unspecified atom stereocenters. The summed E-state index contributed by atoms with van der Waals surface area (Å²) >= 11 is 0. The average Bonchev–Trinajstić information content (AvgIpc) is 2.40. The van der Waals surface area contributed by atoms with Crippen LogP contribution in [0.15, 0.2) is 23.0 Å². The molecule has 0 saturated heterocycles. The van der Waals surface area contributed by atoms with Gasteiger partial charge in [0.05, 0.1) is 18.6 Å². The zero-order valence-corrected chi connectivity index (χ0v) is 6.08. The van der Waals surface area contributed by atoms with Gasteiger partial charge in [-0.15, -0.1) is 0 Å². The highest BCUT2D eigenvalue weighted by Crippen LogP contribution is 2.05. The Bertz CT molecular complexity index is 167. The predicted molar refractivity (Wildman–Crippen MR) is 38.7 cm³/mol. The molecule has 0 aliphatic rings. The molecule has 0 radical (unpaired) electrons. The maximum absolute atomic E-state index is 9.19. The van der Waals surface area contributed by atoms with E-state index in [2.05, 4.69) is 0 Å². The first-order chi connectivity index (χ1) is 4.83. The van der Waals surface area contributed by atoms with Crippen molar-refractivity contribution in [3.63, 3.8) is 0 Å². The summed E-state index contributed by atoms with van der Waals surface area (Å²) < 4.78 is 4.85. The van der Waals surface area contributed by atoms with E-state index < -0.39 is 0 Å². The van der Waals surface area contributed by atoms with Gasteiger partial charge in [-0.1, -0.05) is 6.92 Å². The average molecular weight is 140 g/mol. The summed E-state index contributed by atoms with van der Waals surface area (Å²) in [7, 11) is 0. The third-order valence-electron chi connectivity index (χ3n) is 1.52. The first-order valence-electron chi connectivity index (χ1n) is 3.52. The largest absolute Gasteiger partial charge is 0.472 e. The van der Waals surface area contributed by atoms with Crippen LogP contribution >= 0.6 is 0 Å². The number of furan rings is 1. The van der Waals surface area contributed by atoms with Crippen molar-refractivity contribution in [3.8, 4) is 0 Å². The highest BCUT2D eigenvalue weighted by atomic mass is 16.3. The van der Waals surface area contributed by atoms with Gasteiger partial charge >= 0.3 is 0 Å². The Morgan fingerprint density at radius 3 is 3.00 bits per heavy atom. The van der Waals surface area contributed by atoms with Crippen molar-refractivity contribution in [2.24, 2.45) is 0 Å². The molecular formula is C8H12O2. The van der Waals surface area contributed by atoms with Crippen LogP contribution in [0, 0.1) is 0 Å². The summed E-state index contributed by atoms with van der Waals surface area (Å²) in [6.07, 6.45) is 4.56. The van der Waals surface area contributed by atoms with Crippen molar-refractivity contribution in [2.45, 2.75) is 25.9 Å². The Balaban J connectivity index is 2.40. The zero-order valence-electron chi connectivity index (χ0n) is 6.08. The Morgan fingerprint density at radius 2 is 2.50 bits per heavy atom. The maximum atomic E-state index is 9.19. The van der Waals surface area contributed by atoms with E-state index in [0.717, 1.165) is 12.0 Å². The van der Waals surface area contributed by atoms with Crippen molar-refractivity contribution in [2.75, 3.05) is 0 Å². The molecular weight excluding hydrogens is 128 g/mol. The van der Waals surface area contributed by atoms with E-state index in [4.69, 9.17) is 4.42 Å². The minimum absolute atomic E-state index is 0.224. The van der Waals surface area contributed by atoms with Crippen molar-refractivity contribution in [3.05, 3.63) is 24.2 Å². The first kappa shape index (κ1) is 7.35. The molecule has 0 bridgehead atoms. The second-order valence-electron chi connectivity index (χ2n) is 2.40. The standard InChI is InChI=1S/C8H12O2/c1-2-8(9)5-7-3-4-10-6-7/h3-4,6,8-9H,2,5H2,1H3. The summed E-state index contributed by atoms with van der Waals surface area (Å²) in [5.41, 5.74) is 1.06. The van der Waals surface area contributed by atoms with Crippen LogP contribution in [0.3, 0.4) is 0 Å². The molecule has 1 N–H and O–H groups in total. The van der Waals surface area contributed by atoms with Crippen LogP contribution < -0.4 is 0 Å². The van der Waals surface area contributed by atoms with E-state index in [9.17, 15) is 5.11 Å². The van der Waals surface area contributed by atoms with E-state index in [-0.39, 0.29) is 6.10 Å². The molecule has 56 valence electrons. The van der Waals surface area contributed by atoms with Crippen LogP contribution in [0.5, 0.6) is 0 Å². The number of rotatable bonds is 3. The van der Waals surface area contributed by atoms with E-state index in [1.165, 1.54) is 0 Å². The lowest BCUT2D eigenvalue weighted by Gasteiger charge is -2.03. The van der Waals surface area contributed by atoms with Gasteiger partial charge in [0.2, 0.25) is 0 Å². The quantitative estimate of drug-likeness (QED) is 0.691. The van der Waals surface area contributed by atoms with Gasteiger partial charge in [0.15, 0.2) is 0 Å². The molecule has 10 heavy (non-hydrogen) atoms. The van der Waals surface area contributed by atoms with Gasteiger partial charge in [0, 0.05) is 6.42 Å². The van der Waals surface area contributed by atoms with Gasteiger partial charge in [-0.2, -0.15) is 0 Å². The fraction of sp³-hybridized carbons (Fsp3) is 0.500. The summed E-state index contributed by atoms with van der Waals surface area (Å²) in [6.45, 7) is 1.96. The molecule has 1 aromatic rings. The molecule has 2 heteroatoms. The van der Waals surface area contributed by atoms with Gasteiger partial charge < -0.3 is 9.52 Å². The van der Waals surface area contributed by atoms with Crippen LogP contribution in [-0.4, -0.2) is 11.2 Å². The molecule has 0 fully saturated rings. The van der Waals surface area contributed by atoms with Crippen molar-refractivity contribution in [1.82, 2.24) is 0 Å². The van der Waals surface area contributed by atoms with Crippen LogP contribution in [-0.2, 0) is 6.42 Å². The van der Waals surface area contributed by atoms with Crippen LogP contribution in [0.2, 0.25) is 0 Å². The third-order valence-corrected chi connectivity index (χ3v) is 1.52. The molecule has 0 amide bonds. The molecule has 1 atom stereocenters. The molecule has 1 heterocycles. The Labute approximate surface area is 60.5 Å². The first-order valence-corrected chi connectivity index (χ1v) is 3.52. The number of aliphatic hydroxyl groups excluding tert-OH is 1. The molecule has 1 rings (SSSR count). The normalized spacial score (nSPS) is 13.4. The van der Waals surface area contributed by atoms with Crippen molar-refractivity contribution in [1.29, 1.82) is 0 Å². The lowest BCUT2D eigenvalue weighted by molar-refractivity contribution is 0.170. The molecule has 1 aromatic heterocycles. The highest BCUT2D eigenvalue weighted by Gasteiger charge is 2.02. The summed E-state index contributed by atoms with van der Waals surface area (Å²) in [4.78, 5) is 0. The third kappa shape index (κ3) is 1.88. The van der Waals surface area contributed by atoms with Gasteiger partial charge in [0.25, 0.3) is 0 Å². The molecule has 0 aliphatic heterocycles. The molecule has 0 aromatic carbocycles. The van der Waals surface area contributed by atoms with Gasteiger partial charge in [-0.25, -0.2) is 0 Å². The summed E-state index contributed by atoms with van der Waals surface area (Å²) in [5.74, 6) is 0. The van der Waals surface area contributed by atoms with E-state index in [1.54, 1.807) is 12.5 Å². The van der Waals surface area contributed by atoms with Gasteiger partial charge in [-0.05, 0) is 18.1 Å². The van der Waals surface area contributed by atoms with Crippen molar-refractivity contribution < 1.29 is 9.52 Å². The van der Waals surface area contributed by atoms with E-state index in [1.807, 2.05) is 13.0 Å². The minimum atomic E-state index is -0.224. The zero-order chi connectivity index (χ0) is 7.40. The molecule has 0 spiro atoms. The number of hydrogen-bond donors (Lipinski definition) is 1. The van der Waals surface area contributed by atoms with Gasteiger partial charge in [0.1, 0.15) is 0 Å². The Kier molecular flexibility index (Phi) is 2.51. The number of hydrogen-bond acceptors (Lipinski definition) is 2.